The van der Waals surface area contributed by atoms with Gasteiger partial charge in [0.2, 0.25) is 5.88 Å². The van der Waals surface area contributed by atoms with Crippen molar-refractivity contribution < 1.29 is 19.4 Å². The number of ether oxygens (including phenoxy) is 2. The second-order valence-corrected chi connectivity index (χ2v) is 10.3. The summed E-state index contributed by atoms with van der Waals surface area (Å²) < 4.78 is 14.0. The number of amides is 1. The molecule has 0 aromatic carbocycles. The van der Waals surface area contributed by atoms with Gasteiger partial charge >= 0.3 is 0 Å². The maximum absolute atomic E-state index is 13.5. The third-order valence-electron chi connectivity index (χ3n) is 7.46. The van der Waals surface area contributed by atoms with Crippen LogP contribution in [-0.2, 0) is 16.0 Å². The van der Waals surface area contributed by atoms with E-state index in [1.54, 1.807) is 11.6 Å². The summed E-state index contributed by atoms with van der Waals surface area (Å²) in [6, 6.07) is 0.0573. The molecule has 10 nitrogen and oxygen atoms in total. The fourth-order valence-electron chi connectivity index (χ4n) is 4.98. The van der Waals surface area contributed by atoms with Gasteiger partial charge < -0.3 is 25.2 Å². The van der Waals surface area contributed by atoms with Gasteiger partial charge in [-0.05, 0) is 49.9 Å². The summed E-state index contributed by atoms with van der Waals surface area (Å²) in [5, 5.41) is 21.9. The van der Waals surface area contributed by atoms with Crippen LogP contribution in [0, 0.1) is 11.3 Å². The molecule has 1 saturated carbocycles. The predicted molar refractivity (Wildman–Crippen MR) is 132 cm³/mol. The largest absolute Gasteiger partial charge is 0.494 e. The van der Waals surface area contributed by atoms with Crippen molar-refractivity contribution in [2.45, 2.75) is 58.0 Å². The number of fused-ring (bicyclic) bond motifs is 1. The number of hydrogen-bond acceptors (Lipinski definition) is 7. The van der Waals surface area contributed by atoms with Gasteiger partial charge in [0.15, 0.2) is 17.0 Å². The summed E-state index contributed by atoms with van der Waals surface area (Å²) in [6.07, 6.45) is 9.38. The van der Waals surface area contributed by atoms with Crippen LogP contribution in [0.25, 0.3) is 11.7 Å². The summed E-state index contributed by atoms with van der Waals surface area (Å²) in [6.45, 7) is 5.33. The summed E-state index contributed by atoms with van der Waals surface area (Å²) in [4.78, 5) is 26.5. The predicted octanol–water partition coefficient (Wildman–Crippen LogP) is 2.39. The lowest BCUT2D eigenvalue weighted by atomic mass is 9.82. The van der Waals surface area contributed by atoms with Crippen molar-refractivity contribution in [3.8, 4) is 5.88 Å². The van der Waals surface area contributed by atoms with Crippen LogP contribution in [0.4, 0.5) is 5.82 Å². The Hall–Kier alpha value is -2.85. The Bertz CT molecular complexity index is 1180. The van der Waals surface area contributed by atoms with Crippen molar-refractivity contribution in [1.82, 2.24) is 19.5 Å². The zero-order valence-electron chi connectivity index (χ0n) is 20.5. The molecule has 5 rings (SSSR count). The summed E-state index contributed by atoms with van der Waals surface area (Å²) >= 11 is 0. The quantitative estimate of drug-likeness (QED) is 0.551. The molecule has 0 spiro atoms. The average Bonchev–Trinajstić information content (AvgIpc) is 3.58. The van der Waals surface area contributed by atoms with Crippen molar-refractivity contribution in [3.05, 3.63) is 27.6 Å². The average molecular weight is 486 g/mol. The van der Waals surface area contributed by atoms with E-state index in [1.165, 1.54) is 4.52 Å². The molecular formula is C25H35N5O5. The summed E-state index contributed by atoms with van der Waals surface area (Å²) in [5.41, 5.74) is 0.157. The van der Waals surface area contributed by atoms with E-state index in [9.17, 15) is 14.7 Å². The van der Waals surface area contributed by atoms with Crippen molar-refractivity contribution in [3.63, 3.8) is 0 Å². The van der Waals surface area contributed by atoms with Gasteiger partial charge in [0.1, 0.15) is 0 Å². The van der Waals surface area contributed by atoms with E-state index in [1.807, 2.05) is 6.08 Å². The molecule has 3 aliphatic rings. The van der Waals surface area contributed by atoms with Gasteiger partial charge in [-0.2, -0.15) is 4.52 Å². The van der Waals surface area contributed by atoms with E-state index >= 15 is 0 Å². The van der Waals surface area contributed by atoms with Crippen molar-refractivity contribution >= 4 is 23.4 Å². The van der Waals surface area contributed by atoms with E-state index < -0.39 is 11.5 Å². The minimum atomic E-state index is -0.619. The zero-order valence-corrected chi connectivity index (χ0v) is 20.5. The maximum atomic E-state index is 13.5. The molecule has 2 aromatic heterocycles. The number of carbonyl (C=O) groups excluding carboxylic acids is 1. The molecular weight excluding hydrogens is 450 g/mol. The first-order valence-corrected chi connectivity index (χ1v) is 12.6. The first-order chi connectivity index (χ1) is 16.9. The second-order valence-electron chi connectivity index (χ2n) is 10.3. The lowest BCUT2D eigenvalue weighted by Gasteiger charge is -2.34. The molecule has 0 radical (unpaired) electrons. The number of aromatic hydroxyl groups is 1. The third kappa shape index (κ3) is 4.81. The van der Waals surface area contributed by atoms with Gasteiger partial charge in [-0.3, -0.25) is 14.2 Å². The Labute approximate surface area is 204 Å². The molecule has 0 bridgehead atoms. The Morgan fingerprint density at radius 3 is 2.51 bits per heavy atom. The zero-order chi connectivity index (χ0) is 24.6. The van der Waals surface area contributed by atoms with Crippen molar-refractivity contribution in [1.29, 1.82) is 0 Å². The number of hydrogen-bond donors (Lipinski definition) is 3. The number of allylic oxidation sites excluding steroid dienone is 1. The van der Waals surface area contributed by atoms with Gasteiger partial charge in [-0.1, -0.05) is 19.1 Å². The molecule has 10 heteroatoms. The van der Waals surface area contributed by atoms with E-state index in [2.05, 4.69) is 28.7 Å². The summed E-state index contributed by atoms with van der Waals surface area (Å²) in [5.74, 6) is 0.0319. The Kier molecular flexibility index (Phi) is 6.59. The fourth-order valence-corrected chi connectivity index (χ4v) is 4.98. The number of aromatic nitrogens is 3. The van der Waals surface area contributed by atoms with Crippen LogP contribution < -0.4 is 16.2 Å². The highest BCUT2D eigenvalue weighted by atomic mass is 16.5. The van der Waals surface area contributed by atoms with Crippen LogP contribution in [0.5, 0.6) is 5.88 Å². The van der Waals surface area contributed by atoms with E-state index in [-0.39, 0.29) is 22.9 Å². The molecule has 3 N–H and O–H groups in total. The van der Waals surface area contributed by atoms with Crippen molar-refractivity contribution in [2.24, 2.45) is 11.3 Å². The topological polar surface area (TPSA) is 119 Å². The van der Waals surface area contributed by atoms with Crippen LogP contribution in [0.15, 0.2) is 10.9 Å². The van der Waals surface area contributed by atoms with E-state index in [0.29, 0.717) is 37.1 Å². The third-order valence-corrected chi connectivity index (χ3v) is 7.46. The molecule has 1 amide bonds. The molecule has 4 heterocycles. The fraction of sp³-hybridized carbons (Fsp3) is 0.640. The first-order valence-electron chi connectivity index (χ1n) is 12.6. The highest BCUT2D eigenvalue weighted by Gasteiger charge is 2.34. The minimum Gasteiger partial charge on any atom is -0.494 e. The lowest BCUT2D eigenvalue weighted by Crippen LogP contribution is -2.36. The summed E-state index contributed by atoms with van der Waals surface area (Å²) in [7, 11) is 1.75. The number of rotatable bonds is 7. The highest BCUT2D eigenvalue weighted by molar-refractivity contribution is 5.97. The Morgan fingerprint density at radius 2 is 1.86 bits per heavy atom. The number of carbonyl (C=O) groups is 1. The molecule has 3 fully saturated rings. The van der Waals surface area contributed by atoms with E-state index in [0.717, 1.165) is 57.3 Å². The molecule has 2 saturated heterocycles. The Balaban J connectivity index is 1.67. The van der Waals surface area contributed by atoms with Gasteiger partial charge in [-0.25, -0.2) is 0 Å². The van der Waals surface area contributed by atoms with Crippen LogP contribution in [-0.4, -0.2) is 64.7 Å². The van der Waals surface area contributed by atoms with Crippen LogP contribution >= 0.6 is 0 Å². The molecule has 0 atom stereocenters. The maximum Gasteiger partial charge on any atom is 0.291 e. The minimum absolute atomic E-state index is 0.0573. The molecule has 190 valence electrons. The van der Waals surface area contributed by atoms with Crippen LogP contribution in [0.1, 0.15) is 61.4 Å². The van der Waals surface area contributed by atoms with Gasteiger partial charge in [-0.15, -0.1) is 5.10 Å². The van der Waals surface area contributed by atoms with Crippen LogP contribution in [0.2, 0.25) is 0 Å². The number of nitrogens with zero attached hydrogens (tertiary/aromatic N) is 3. The van der Waals surface area contributed by atoms with Crippen molar-refractivity contribution in [2.75, 3.05) is 38.8 Å². The number of nitrogens with one attached hydrogen (secondary N) is 2. The van der Waals surface area contributed by atoms with Gasteiger partial charge in [0.05, 0.1) is 5.56 Å². The standard InChI is InChI=1S/C25H35N5O5/c1-25(9-13-35-14-10-25)15-29-22-18(6-3-16-7-11-34-12-8-16)20(26-2)28-30(22)24(33)19(23(29)32)21(31)27-17-4-5-17/h3,6,16-17,32H,4-5,7-15H2,1-2H3,(H,26,28)(H,27,31)/b6-3+. The number of anilines is 1. The smallest absolute Gasteiger partial charge is 0.291 e. The monoisotopic (exact) mass is 485 g/mol. The van der Waals surface area contributed by atoms with Crippen LogP contribution in [0.3, 0.4) is 0 Å². The lowest BCUT2D eigenvalue weighted by molar-refractivity contribution is 0.0149. The molecule has 2 aromatic rings. The first kappa shape index (κ1) is 23.9. The van der Waals surface area contributed by atoms with E-state index in [4.69, 9.17) is 9.47 Å². The molecule has 35 heavy (non-hydrogen) atoms. The molecule has 1 aliphatic carbocycles. The highest BCUT2D eigenvalue weighted by Crippen LogP contribution is 2.36. The molecule has 2 aliphatic heterocycles. The second kappa shape index (κ2) is 9.66. The Morgan fingerprint density at radius 1 is 1.17 bits per heavy atom. The van der Waals surface area contributed by atoms with Gasteiger partial charge in [0.25, 0.3) is 11.5 Å². The normalized spacial score (nSPS) is 21.0. The SMILES string of the molecule is CNc1nn2c(=O)c(C(=O)NC3CC3)c(O)n(CC3(C)CCOCC3)c2c1/C=C/C1CCOCC1. The van der Waals surface area contributed by atoms with Gasteiger partial charge in [0, 0.05) is 46.1 Å². The molecule has 0 unspecified atom stereocenters.